The largest absolute Gasteiger partial charge is 0.175 e. The van der Waals surface area contributed by atoms with Crippen LogP contribution in [0.2, 0.25) is 0 Å². The average Bonchev–Trinajstić information content (AvgIpc) is 2.70. The first-order valence-electron chi connectivity index (χ1n) is 8.14. The Morgan fingerprint density at radius 2 is 0.680 bits per heavy atom. The first-order chi connectivity index (χ1) is 12.2. The highest BCUT2D eigenvalue weighted by Crippen LogP contribution is 2.33. The number of thiol groups is 3. The standard InChI is InChI=1S/C21H21PS3/c23-13-16-1-7-19(8-2-16)22(20-9-3-17(14-24)4-10-20)21-11-5-18(15-25)6-12-21/h1-12,23-25H,13-15H2. The molecule has 3 rings (SSSR count). The molecule has 0 aliphatic rings. The van der Waals surface area contributed by atoms with Crippen LogP contribution in [0.15, 0.2) is 72.8 Å². The highest BCUT2D eigenvalue weighted by atomic mass is 32.1. The van der Waals surface area contributed by atoms with Crippen molar-refractivity contribution in [2.75, 3.05) is 0 Å². The van der Waals surface area contributed by atoms with Crippen molar-refractivity contribution < 1.29 is 0 Å². The van der Waals surface area contributed by atoms with Crippen LogP contribution in [0.3, 0.4) is 0 Å². The molecule has 0 aliphatic heterocycles. The Morgan fingerprint density at radius 1 is 0.440 bits per heavy atom. The predicted octanol–water partition coefficient (Wildman–Crippen LogP) is 4.73. The van der Waals surface area contributed by atoms with Crippen molar-refractivity contribution in [1.29, 1.82) is 0 Å². The smallest absolute Gasteiger partial charge is 0.0154 e. The molecule has 0 aliphatic carbocycles. The molecular weight excluding hydrogens is 379 g/mol. The van der Waals surface area contributed by atoms with Crippen LogP contribution in [0.5, 0.6) is 0 Å². The van der Waals surface area contributed by atoms with Crippen LogP contribution < -0.4 is 15.9 Å². The SMILES string of the molecule is SCc1ccc(P(c2ccc(CS)cc2)c2ccc(CS)cc2)cc1. The van der Waals surface area contributed by atoms with Crippen LogP contribution in [0, 0.1) is 0 Å². The Balaban J connectivity index is 2.04. The normalized spacial score (nSPS) is 11.0. The van der Waals surface area contributed by atoms with Crippen LogP contribution in [-0.2, 0) is 17.3 Å². The van der Waals surface area contributed by atoms with E-state index in [1.54, 1.807) is 0 Å². The summed E-state index contributed by atoms with van der Waals surface area (Å²) >= 11 is 13.1. The van der Waals surface area contributed by atoms with Gasteiger partial charge in [0.25, 0.3) is 0 Å². The van der Waals surface area contributed by atoms with Crippen molar-refractivity contribution in [1.82, 2.24) is 0 Å². The third kappa shape index (κ3) is 4.65. The molecule has 0 amide bonds. The summed E-state index contributed by atoms with van der Waals surface area (Å²) in [6, 6.07) is 26.6. The lowest BCUT2D eigenvalue weighted by molar-refractivity contribution is 1.43. The van der Waals surface area contributed by atoms with Crippen molar-refractivity contribution >= 4 is 61.7 Å². The van der Waals surface area contributed by atoms with Crippen molar-refractivity contribution in [2.24, 2.45) is 0 Å². The fourth-order valence-electron chi connectivity index (χ4n) is 2.70. The van der Waals surface area contributed by atoms with Gasteiger partial charge in [-0.3, -0.25) is 0 Å². The second-order valence-corrected chi connectivity index (χ2v) is 8.98. The van der Waals surface area contributed by atoms with E-state index in [9.17, 15) is 0 Å². The minimum atomic E-state index is -0.573. The van der Waals surface area contributed by atoms with Gasteiger partial charge in [-0.2, -0.15) is 37.9 Å². The zero-order valence-corrected chi connectivity index (χ0v) is 17.4. The molecule has 0 saturated carbocycles. The molecule has 0 spiro atoms. The summed E-state index contributed by atoms with van der Waals surface area (Å²) in [5.74, 6) is 2.31. The molecule has 0 bridgehead atoms. The molecule has 0 radical (unpaired) electrons. The van der Waals surface area contributed by atoms with E-state index >= 15 is 0 Å². The number of rotatable bonds is 6. The number of hydrogen-bond acceptors (Lipinski definition) is 3. The summed E-state index contributed by atoms with van der Waals surface area (Å²) in [6.07, 6.45) is 0. The predicted molar refractivity (Wildman–Crippen MR) is 123 cm³/mol. The summed E-state index contributed by atoms with van der Waals surface area (Å²) in [7, 11) is -0.573. The molecule has 3 aromatic carbocycles. The van der Waals surface area contributed by atoms with Gasteiger partial charge < -0.3 is 0 Å². The van der Waals surface area contributed by atoms with Gasteiger partial charge in [0.15, 0.2) is 0 Å². The molecule has 0 heterocycles. The highest BCUT2D eigenvalue weighted by molar-refractivity contribution is 7.80. The van der Waals surface area contributed by atoms with E-state index < -0.39 is 7.92 Å². The Bertz CT molecular complexity index is 683. The monoisotopic (exact) mass is 400 g/mol. The lowest BCUT2D eigenvalue weighted by Crippen LogP contribution is -2.20. The third-order valence-corrected chi connectivity index (χ3v) is 7.67. The van der Waals surface area contributed by atoms with E-state index in [4.69, 9.17) is 0 Å². The fraction of sp³-hybridized carbons (Fsp3) is 0.143. The molecule has 0 atom stereocenters. The Kier molecular flexibility index (Phi) is 6.95. The van der Waals surface area contributed by atoms with Crippen LogP contribution in [0.25, 0.3) is 0 Å². The summed E-state index contributed by atoms with van der Waals surface area (Å²) < 4.78 is 0. The molecule has 0 unspecified atom stereocenters. The average molecular weight is 401 g/mol. The third-order valence-electron chi connectivity index (χ3n) is 4.13. The number of hydrogen-bond donors (Lipinski definition) is 3. The van der Waals surface area contributed by atoms with Crippen molar-refractivity contribution in [3.05, 3.63) is 89.5 Å². The van der Waals surface area contributed by atoms with E-state index in [-0.39, 0.29) is 0 Å². The maximum Gasteiger partial charge on any atom is 0.0154 e. The summed E-state index contributed by atoms with van der Waals surface area (Å²) in [5.41, 5.74) is 3.74. The Hall–Kier alpha value is -0.860. The quantitative estimate of drug-likeness (QED) is 0.387. The maximum absolute atomic E-state index is 4.37. The summed E-state index contributed by atoms with van der Waals surface area (Å²) in [4.78, 5) is 0. The van der Waals surface area contributed by atoms with Gasteiger partial charge in [0.1, 0.15) is 0 Å². The Morgan fingerprint density at radius 3 is 0.880 bits per heavy atom. The van der Waals surface area contributed by atoms with E-state index in [2.05, 4.69) is 111 Å². The van der Waals surface area contributed by atoms with Crippen LogP contribution in [0.4, 0.5) is 0 Å². The van der Waals surface area contributed by atoms with Crippen LogP contribution in [-0.4, -0.2) is 0 Å². The van der Waals surface area contributed by atoms with Gasteiger partial charge in [-0.25, -0.2) is 0 Å². The summed E-state index contributed by atoms with van der Waals surface area (Å²) in [6.45, 7) is 0. The van der Waals surface area contributed by atoms with E-state index in [0.29, 0.717) is 0 Å². The summed E-state index contributed by atoms with van der Waals surface area (Å²) in [5, 5.41) is 4.08. The van der Waals surface area contributed by atoms with Crippen molar-refractivity contribution in [3.8, 4) is 0 Å². The van der Waals surface area contributed by atoms with Gasteiger partial charge in [-0.1, -0.05) is 72.8 Å². The highest BCUT2D eigenvalue weighted by Gasteiger charge is 2.16. The fourth-order valence-corrected chi connectivity index (χ4v) is 5.57. The maximum atomic E-state index is 4.37. The molecule has 0 saturated heterocycles. The first kappa shape index (κ1) is 18.9. The molecule has 4 heteroatoms. The van der Waals surface area contributed by atoms with E-state index in [1.165, 1.54) is 32.6 Å². The second-order valence-electron chi connectivity index (χ2n) is 5.81. The van der Waals surface area contributed by atoms with Crippen LogP contribution in [0.1, 0.15) is 16.7 Å². The van der Waals surface area contributed by atoms with Gasteiger partial charge in [-0.05, 0) is 40.5 Å². The van der Waals surface area contributed by atoms with Crippen LogP contribution >= 0.6 is 45.8 Å². The second kappa shape index (κ2) is 9.19. The molecule has 0 nitrogen and oxygen atoms in total. The van der Waals surface area contributed by atoms with Crippen molar-refractivity contribution in [3.63, 3.8) is 0 Å². The topological polar surface area (TPSA) is 0 Å². The molecule has 0 aromatic heterocycles. The van der Waals surface area contributed by atoms with Gasteiger partial charge in [0.05, 0.1) is 0 Å². The lowest BCUT2D eigenvalue weighted by Gasteiger charge is -2.20. The minimum Gasteiger partial charge on any atom is -0.175 e. The molecule has 25 heavy (non-hydrogen) atoms. The van der Waals surface area contributed by atoms with Gasteiger partial charge >= 0.3 is 0 Å². The lowest BCUT2D eigenvalue weighted by atomic mass is 10.2. The molecule has 0 N–H and O–H groups in total. The van der Waals surface area contributed by atoms with Crippen molar-refractivity contribution in [2.45, 2.75) is 17.3 Å². The molecule has 0 fully saturated rings. The Labute approximate surface area is 168 Å². The van der Waals surface area contributed by atoms with Gasteiger partial charge in [-0.15, -0.1) is 0 Å². The first-order valence-corrected chi connectivity index (χ1v) is 11.4. The van der Waals surface area contributed by atoms with Gasteiger partial charge in [0.2, 0.25) is 0 Å². The molecule has 3 aromatic rings. The van der Waals surface area contributed by atoms with E-state index in [1.807, 2.05) is 0 Å². The number of benzene rings is 3. The molecular formula is C21H21PS3. The van der Waals surface area contributed by atoms with Gasteiger partial charge in [0, 0.05) is 17.3 Å². The minimum absolute atomic E-state index is 0.573. The van der Waals surface area contributed by atoms with E-state index in [0.717, 1.165) is 17.3 Å². The zero-order chi connectivity index (χ0) is 17.6. The molecule has 128 valence electrons. The zero-order valence-electron chi connectivity index (χ0n) is 13.8.